The van der Waals surface area contributed by atoms with E-state index < -0.39 is 0 Å². The number of urea groups is 1. The molecule has 15 nitrogen and oxygen atoms in total. The minimum Gasteiger partial charge on any atom is -0.393 e. The summed E-state index contributed by atoms with van der Waals surface area (Å²) in [5.74, 6) is 2.69. The van der Waals surface area contributed by atoms with E-state index in [0.29, 0.717) is 17.9 Å². The van der Waals surface area contributed by atoms with E-state index in [2.05, 4.69) is 103 Å². The molecule has 0 aromatic heterocycles. The number of likely N-dealkylation sites (tertiary alicyclic amines) is 1. The van der Waals surface area contributed by atoms with E-state index in [1.54, 1.807) is 0 Å². The second-order valence-electron chi connectivity index (χ2n) is 21.2. The van der Waals surface area contributed by atoms with Gasteiger partial charge in [-0.3, -0.25) is 24.3 Å². The number of ether oxygens (including phenoxy) is 2. The van der Waals surface area contributed by atoms with E-state index >= 15 is 0 Å². The monoisotopic (exact) mass is 926 g/mol. The first-order valence-corrected chi connectivity index (χ1v) is 25.7. The first-order valence-electron chi connectivity index (χ1n) is 25.7. The molecule has 4 N–H and O–H groups in total. The molecule has 5 rings (SSSR count). The zero-order chi connectivity index (χ0) is 48.8. The molecule has 0 saturated carbocycles. The second-order valence-corrected chi connectivity index (χ2v) is 21.2. The van der Waals surface area contributed by atoms with Crippen molar-refractivity contribution in [2.75, 3.05) is 158 Å². The lowest BCUT2D eigenvalue weighted by atomic mass is 9.80. The van der Waals surface area contributed by atoms with Crippen LogP contribution in [0.4, 0.5) is 4.79 Å². The number of nitrogens with one attached hydrogen (secondary N) is 3. The van der Waals surface area contributed by atoms with Gasteiger partial charge in [-0.05, 0) is 62.4 Å². The van der Waals surface area contributed by atoms with Gasteiger partial charge >= 0.3 is 6.03 Å². The Hall–Kier alpha value is -2.11. The van der Waals surface area contributed by atoms with Crippen molar-refractivity contribution in [1.82, 2.24) is 45.3 Å². The zero-order valence-corrected chi connectivity index (χ0v) is 44.2. The van der Waals surface area contributed by atoms with Gasteiger partial charge in [0.2, 0.25) is 11.8 Å². The van der Waals surface area contributed by atoms with E-state index in [1.807, 2.05) is 32.6 Å². The third-order valence-electron chi connectivity index (χ3n) is 13.0. The summed E-state index contributed by atoms with van der Waals surface area (Å²) in [5.41, 5.74) is 0.428. The molecule has 0 bridgehead atoms. The lowest BCUT2D eigenvalue weighted by molar-refractivity contribution is -0.124. The number of amides is 4. The van der Waals surface area contributed by atoms with E-state index in [0.717, 1.165) is 162 Å². The number of hydrogen-bond acceptors (Lipinski definition) is 11. The van der Waals surface area contributed by atoms with Crippen LogP contribution >= 0.6 is 0 Å². The molecular weight excluding hydrogens is 823 g/mol. The summed E-state index contributed by atoms with van der Waals surface area (Å²) in [7, 11) is 2.15. The van der Waals surface area contributed by atoms with Crippen LogP contribution in [0, 0.1) is 35.0 Å². The highest BCUT2D eigenvalue weighted by atomic mass is 16.5. The molecule has 5 aliphatic rings. The largest absolute Gasteiger partial charge is 0.393 e. The number of rotatable bonds is 17. The van der Waals surface area contributed by atoms with Crippen molar-refractivity contribution in [3.63, 3.8) is 0 Å². The summed E-state index contributed by atoms with van der Waals surface area (Å²) in [6, 6.07) is 0.102. The van der Waals surface area contributed by atoms with Crippen LogP contribution in [0.15, 0.2) is 0 Å². The molecule has 5 saturated heterocycles. The Morgan fingerprint density at radius 3 is 1.48 bits per heavy atom. The Morgan fingerprint density at radius 2 is 1.06 bits per heavy atom. The number of morpholine rings is 2. The molecule has 0 aromatic carbocycles. The van der Waals surface area contributed by atoms with Crippen LogP contribution in [0.5, 0.6) is 0 Å². The maximum atomic E-state index is 11.3. The highest BCUT2D eigenvalue weighted by molar-refractivity contribution is 5.78. The standard InChI is InChI=1S/C11H23N3O.C11H22N2O2.C11H23NO.C9H19NO.C8H16N2O/c1-10(2)11(15)12-4-5-14-8-6-13(3)7-9-14;1-9(2)11(15)12-5-8-13-6-3-10(14)4-7-13;1-10(2)11(3,4)9-12-5-7-13-8-6-12;1-9(2)3-4-10-5-7-11-8-6-10;1-7(2)3-5-10-6-4-9-8(10)11/h10H,4-9H2,1-3H3,(H,12,15);9-10,14H,3-8H2,1-2H3,(H,12,15);10H,5-9H2,1-4H3;9H,3-8H2,1-2H3;7H,3-6H2,1-2H3,(H,9,11). The van der Waals surface area contributed by atoms with Crippen LogP contribution in [-0.4, -0.2) is 216 Å². The van der Waals surface area contributed by atoms with E-state index in [9.17, 15) is 19.5 Å². The minimum absolute atomic E-state index is 0.0631. The summed E-state index contributed by atoms with van der Waals surface area (Å²) in [6.07, 6.45) is 4.02. The van der Waals surface area contributed by atoms with Crippen LogP contribution in [0.1, 0.15) is 109 Å². The molecule has 384 valence electrons. The summed E-state index contributed by atoms with van der Waals surface area (Å²) < 4.78 is 10.6. The molecule has 65 heavy (non-hydrogen) atoms. The topological polar surface area (TPSA) is 145 Å². The molecule has 0 spiro atoms. The Kier molecular flexibility index (Phi) is 32.9. The van der Waals surface area contributed by atoms with Gasteiger partial charge in [0.05, 0.1) is 32.5 Å². The minimum atomic E-state index is -0.119. The summed E-state index contributed by atoms with van der Waals surface area (Å²) in [6.45, 7) is 48.8. The van der Waals surface area contributed by atoms with Gasteiger partial charge in [-0.2, -0.15) is 0 Å². The average molecular weight is 926 g/mol. The number of aliphatic hydroxyl groups is 1. The number of piperazine rings is 1. The van der Waals surface area contributed by atoms with E-state index in [1.165, 1.54) is 19.5 Å². The highest BCUT2D eigenvalue weighted by Gasteiger charge is 2.26. The van der Waals surface area contributed by atoms with Crippen LogP contribution < -0.4 is 16.0 Å². The third-order valence-corrected chi connectivity index (χ3v) is 13.0. The summed E-state index contributed by atoms with van der Waals surface area (Å²) in [5, 5.41) is 17.9. The molecular formula is C50H103N9O6. The van der Waals surface area contributed by atoms with Gasteiger partial charge in [-0.1, -0.05) is 83.1 Å². The smallest absolute Gasteiger partial charge is 0.317 e. The van der Waals surface area contributed by atoms with Gasteiger partial charge in [0.1, 0.15) is 0 Å². The number of carbonyl (C=O) groups excluding carboxylic acids is 3. The quantitative estimate of drug-likeness (QED) is 0.162. The molecule has 5 heterocycles. The van der Waals surface area contributed by atoms with Gasteiger partial charge < -0.3 is 45.2 Å². The fourth-order valence-electron chi connectivity index (χ4n) is 7.22. The lowest BCUT2D eigenvalue weighted by Gasteiger charge is -2.37. The maximum absolute atomic E-state index is 11.3. The Bertz CT molecular complexity index is 1170. The number of carbonyl (C=O) groups is 3. The van der Waals surface area contributed by atoms with Crippen molar-refractivity contribution in [1.29, 1.82) is 0 Å². The Morgan fingerprint density at radius 1 is 0.631 bits per heavy atom. The molecule has 0 unspecified atom stereocenters. The second kappa shape index (κ2) is 35.1. The fraction of sp³-hybridized carbons (Fsp3) is 0.940. The number of piperidine rings is 1. The maximum Gasteiger partial charge on any atom is 0.317 e. The van der Waals surface area contributed by atoms with Crippen molar-refractivity contribution in [2.45, 2.75) is 115 Å². The van der Waals surface area contributed by atoms with Crippen molar-refractivity contribution in [2.24, 2.45) is 35.0 Å². The third kappa shape index (κ3) is 30.8. The molecule has 5 aliphatic heterocycles. The Labute approximate surface area is 398 Å². The van der Waals surface area contributed by atoms with Crippen molar-refractivity contribution < 1.29 is 29.0 Å². The van der Waals surface area contributed by atoms with Crippen molar-refractivity contribution in [3.05, 3.63) is 0 Å². The summed E-state index contributed by atoms with van der Waals surface area (Å²) >= 11 is 0. The molecule has 4 amide bonds. The van der Waals surface area contributed by atoms with Gasteiger partial charge in [0, 0.05) is 130 Å². The van der Waals surface area contributed by atoms with Gasteiger partial charge in [0.15, 0.2) is 0 Å². The lowest BCUT2D eigenvalue weighted by Crippen LogP contribution is -2.47. The number of nitrogens with zero attached hydrogens (tertiary/aromatic N) is 6. The SMILES string of the molecule is CC(C)C(=O)NCCN1CCC(O)CC1.CC(C)C(=O)NCCN1CCN(C)CC1.CC(C)C(C)(C)CN1CCOCC1.CC(C)CCN1CCNC1=O.CC(C)CCN1CCOCC1. The predicted octanol–water partition coefficient (Wildman–Crippen LogP) is 4.64. The van der Waals surface area contributed by atoms with Crippen molar-refractivity contribution in [3.8, 4) is 0 Å². The van der Waals surface area contributed by atoms with Gasteiger partial charge in [0.25, 0.3) is 0 Å². The van der Waals surface area contributed by atoms with E-state index in [-0.39, 0.29) is 35.8 Å². The van der Waals surface area contributed by atoms with Crippen LogP contribution in [-0.2, 0) is 19.1 Å². The average Bonchev–Trinajstić information content (AvgIpc) is 3.69. The van der Waals surface area contributed by atoms with Crippen LogP contribution in [0.2, 0.25) is 0 Å². The molecule has 0 aromatic rings. The molecule has 5 fully saturated rings. The predicted molar refractivity (Wildman–Crippen MR) is 268 cm³/mol. The Balaban J connectivity index is 0.000000409. The molecule has 0 aliphatic carbocycles. The number of hydrogen-bond donors (Lipinski definition) is 4. The summed E-state index contributed by atoms with van der Waals surface area (Å²) in [4.78, 5) is 47.5. The van der Waals surface area contributed by atoms with Gasteiger partial charge in [-0.15, -0.1) is 0 Å². The van der Waals surface area contributed by atoms with Gasteiger partial charge in [-0.25, -0.2) is 4.79 Å². The van der Waals surface area contributed by atoms with Crippen LogP contribution in [0.25, 0.3) is 0 Å². The normalized spacial score (nSPS) is 19.7. The van der Waals surface area contributed by atoms with Crippen molar-refractivity contribution >= 4 is 17.8 Å². The first-order chi connectivity index (χ1) is 30.7. The number of aliphatic hydroxyl groups excluding tert-OH is 1. The first kappa shape index (κ1) is 60.9. The molecule has 0 atom stereocenters. The van der Waals surface area contributed by atoms with E-state index in [4.69, 9.17) is 9.47 Å². The van der Waals surface area contributed by atoms with Crippen LogP contribution in [0.3, 0.4) is 0 Å². The fourth-order valence-corrected chi connectivity index (χ4v) is 7.22. The molecule has 15 heteroatoms. The number of likely N-dealkylation sites (N-methyl/N-ethyl adjacent to an activating group) is 1. The zero-order valence-electron chi connectivity index (χ0n) is 44.2. The highest BCUT2D eigenvalue weighted by Crippen LogP contribution is 2.27. The molecule has 0 radical (unpaired) electrons.